The molecule has 0 bridgehead atoms. The van der Waals surface area contributed by atoms with E-state index in [4.69, 9.17) is 0 Å². The minimum atomic E-state index is -0.244. The SMILES string of the molecule is Cc1nc(N(C)CCCCCBr)cc2n[nH]c(=O)n12. The van der Waals surface area contributed by atoms with Crippen molar-refractivity contribution in [3.63, 3.8) is 0 Å². The zero-order chi connectivity index (χ0) is 13.8. The van der Waals surface area contributed by atoms with Gasteiger partial charge < -0.3 is 4.90 Å². The van der Waals surface area contributed by atoms with E-state index in [1.54, 1.807) is 0 Å². The molecule has 0 aromatic carbocycles. The summed E-state index contributed by atoms with van der Waals surface area (Å²) < 4.78 is 1.47. The third kappa shape index (κ3) is 3.15. The zero-order valence-electron chi connectivity index (χ0n) is 11.2. The maximum absolute atomic E-state index is 11.5. The van der Waals surface area contributed by atoms with E-state index in [1.165, 1.54) is 17.2 Å². The number of fused-ring (bicyclic) bond motifs is 1. The Kier molecular flexibility index (Phi) is 4.57. The molecule has 2 rings (SSSR count). The number of rotatable bonds is 6. The first kappa shape index (κ1) is 14.0. The summed E-state index contributed by atoms with van der Waals surface area (Å²) in [5, 5.41) is 7.47. The number of hydrogen-bond donors (Lipinski definition) is 1. The number of nitrogens with zero attached hydrogens (tertiary/aromatic N) is 4. The molecular formula is C12H18BrN5O. The summed E-state index contributed by atoms with van der Waals surface area (Å²) >= 11 is 3.43. The monoisotopic (exact) mass is 327 g/mol. The number of unbranched alkanes of at least 4 members (excludes halogenated alkanes) is 2. The first-order valence-electron chi connectivity index (χ1n) is 6.35. The van der Waals surface area contributed by atoms with Gasteiger partial charge in [-0.25, -0.2) is 19.3 Å². The Bertz CT molecular complexity index is 606. The lowest BCUT2D eigenvalue weighted by molar-refractivity contribution is 0.705. The third-order valence-electron chi connectivity index (χ3n) is 3.07. The summed E-state index contributed by atoms with van der Waals surface area (Å²) in [7, 11) is 2.01. The van der Waals surface area contributed by atoms with Crippen LogP contribution in [0.15, 0.2) is 10.9 Å². The van der Waals surface area contributed by atoms with Crippen LogP contribution < -0.4 is 10.6 Å². The van der Waals surface area contributed by atoms with Crippen LogP contribution >= 0.6 is 15.9 Å². The van der Waals surface area contributed by atoms with Crippen molar-refractivity contribution in [3.05, 3.63) is 22.4 Å². The van der Waals surface area contributed by atoms with Crippen LogP contribution in [0.2, 0.25) is 0 Å². The predicted octanol–water partition coefficient (Wildman–Crippen LogP) is 1.73. The number of nitrogens with one attached hydrogen (secondary N) is 1. The highest BCUT2D eigenvalue weighted by atomic mass is 79.9. The number of halogens is 1. The number of aromatic nitrogens is 4. The number of alkyl halides is 1. The first-order valence-corrected chi connectivity index (χ1v) is 7.47. The van der Waals surface area contributed by atoms with Crippen molar-refractivity contribution in [2.45, 2.75) is 26.2 Å². The van der Waals surface area contributed by atoms with Crippen LogP contribution in [0.25, 0.3) is 5.65 Å². The van der Waals surface area contributed by atoms with Crippen molar-refractivity contribution >= 4 is 27.4 Å². The number of aryl methyl sites for hydroxylation is 1. The van der Waals surface area contributed by atoms with Crippen LogP contribution in [0.5, 0.6) is 0 Å². The molecule has 2 aromatic heterocycles. The normalized spacial score (nSPS) is 11.1. The van der Waals surface area contributed by atoms with Crippen LogP contribution in [0.4, 0.5) is 5.82 Å². The summed E-state index contributed by atoms with van der Waals surface area (Å²) in [5.41, 5.74) is 0.367. The second-order valence-electron chi connectivity index (χ2n) is 4.56. The van der Waals surface area contributed by atoms with Gasteiger partial charge in [0.05, 0.1) is 0 Å². The maximum atomic E-state index is 11.5. The fraction of sp³-hybridized carbons (Fsp3) is 0.583. The minimum absolute atomic E-state index is 0.244. The van der Waals surface area contributed by atoms with Crippen LogP contribution in [-0.4, -0.2) is 38.5 Å². The average Bonchev–Trinajstić information content (AvgIpc) is 2.76. The summed E-state index contributed by atoms with van der Waals surface area (Å²) in [6.07, 6.45) is 3.51. The van der Waals surface area contributed by atoms with Gasteiger partial charge in [-0.3, -0.25) is 0 Å². The largest absolute Gasteiger partial charge is 0.360 e. The minimum Gasteiger partial charge on any atom is -0.360 e. The molecule has 19 heavy (non-hydrogen) atoms. The molecule has 104 valence electrons. The molecule has 7 heteroatoms. The number of H-pyrrole nitrogens is 1. The zero-order valence-corrected chi connectivity index (χ0v) is 12.8. The van der Waals surface area contributed by atoms with Crippen molar-refractivity contribution in [1.82, 2.24) is 19.6 Å². The molecule has 0 amide bonds. The lowest BCUT2D eigenvalue weighted by Crippen LogP contribution is -2.21. The summed E-state index contributed by atoms with van der Waals surface area (Å²) in [5.74, 6) is 1.50. The Balaban J connectivity index is 2.14. The molecule has 0 spiro atoms. The summed E-state index contributed by atoms with van der Waals surface area (Å²) in [4.78, 5) is 18.1. The molecule has 0 saturated carbocycles. The quantitative estimate of drug-likeness (QED) is 0.648. The van der Waals surface area contributed by atoms with Crippen LogP contribution in [0.1, 0.15) is 25.1 Å². The lowest BCUT2D eigenvalue weighted by atomic mass is 10.2. The molecule has 2 aromatic rings. The van der Waals surface area contributed by atoms with Crippen molar-refractivity contribution in [2.24, 2.45) is 0 Å². The van der Waals surface area contributed by atoms with E-state index in [0.29, 0.717) is 11.5 Å². The fourth-order valence-electron chi connectivity index (χ4n) is 2.01. The Labute approximate surface area is 120 Å². The average molecular weight is 328 g/mol. The molecule has 0 radical (unpaired) electrons. The highest BCUT2D eigenvalue weighted by molar-refractivity contribution is 9.09. The molecule has 0 unspecified atom stereocenters. The van der Waals surface area contributed by atoms with Gasteiger partial charge in [0.2, 0.25) is 0 Å². The molecule has 0 aliphatic carbocycles. The van der Waals surface area contributed by atoms with E-state index in [9.17, 15) is 4.79 Å². The van der Waals surface area contributed by atoms with E-state index in [-0.39, 0.29) is 5.69 Å². The van der Waals surface area contributed by atoms with E-state index in [2.05, 4.69) is 36.0 Å². The van der Waals surface area contributed by atoms with Gasteiger partial charge in [-0.05, 0) is 19.8 Å². The second-order valence-corrected chi connectivity index (χ2v) is 5.35. The van der Waals surface area contributed by atoms with Gasteiger partial charge in [0.15, 0.2) is 5.65 Å². The predicted molar refractivity (Wildman–Crippen MR) is 79.3 cm³/mol. The van der Waals surface area contributed by atoms with Crippen molar-refractivity contribution in [2.75, 3.05) is 23.8 Å². The Morgan fingerprint density at radius 3 is 2.95 bits per heavy atom. The van der Waals surface area contributed by atoms with Gasteiger partial charge in [-0.2, -0.15) is 5.10 Å². The highest BCUT2D eigenvalue weighted by Gasteiger charge is 2.09. The van der Waals surface area contributed by atoms with E-state index in [1.807, 2.05) is 20.0 Å². The van der Waals surface area contributed by atoms with E-state index < -0.39 is 0 Å². The Morgan fingerprint density at radius 1 is 1.42 bits per heavy atom. The molecule has 0 fully saturated rings. The van der Waals surface area contributed by atoms with Crippen molar-refractivity contribution in [3.8, 4) is 0 Å². The summed E-state index contributed by atoms with van der Waals surface area (Å²) in [6.45, 7) is 2.76. The van der Waals surface area contributed by atoms with Gasteiger partial charge in [-0.1, -0.05) is 22.4 Å². The Hall–Kier alpha value is -1.37. The van der Waals surface area contributed by atoms with Crippen LogP contribution in [-0.2, 0) is 0 Å². The van der Waals surface area contributed by atoms with E-state index >= 15 is 0 Å². The maximum Gasteiger partial charge on any atom is 0.349 e. The number of aromatic amines is 1. The summed E-state index contributed by atoms with van der Waals surface area (Å²) in [6, 6.07) is 1.83. The number of hydrogen-bond acceptors (Lipinski definition) is 4. The third-order valence-corrected chi connectivity index (χ3v) is 3.64. The molecule has 2 heterocycles. The van der Waals surface area contributed by atoms with Crippen molar-refractivity contribution in [1.29, 1.82) is 0 Å². The molecule has 0 aliphatic heterocycles. The topological polar surface area (TPSA) is 66.3 Å². The smallest absolute Gasteiger partial charge is 0.349 e. The second kappa shape index (κ2) is 6.18. The fourth-order valence-corrected chi connectivity index (χ4v) is 2.41. The van der Waals surface area contributed by atoms with Crippen LogP contribution in [0, 0.1) is 6.92 Å². The van der Waals surface area contributed by atoms with Gasteiger partial charge in [0, 0.05) is 25.0 Å². The molecular weight excluding hydrogens is 310 g/mol. The van der Waals surface area contributed by atoms with Gasteiger partial charge >= 0.3 is 5.69 Å². The molecule has 0 atom stereocenters. The van der Waals surface area contributed by atoms with Gasteiger partial charge in [0.1, 0.15) is 11.6 Å². The molecule has 1 N–H and O–H groups in total. The number of anilines is 1. The van der Waals surface area contributed by atoms with Gasteiger partial charge in [0.25, 0.3) is 0 Å². The molecule has 6 nitrogen and oxygen atoms in total. The first-order chi connectivity index (χ1) is 9.13. The van der Waals surface area contributed by atoms with Gasteiger partial charge in [-0.15, -0.1) is 0 Å². The standard InChI is InChI=1S/C12H18BrN5O/c1-9-14-10(17(2)7-5-3-4-6-13)8-11-15-16-12(19)18(9)11/h8H,3-7H2,1-2H3,(H,16,19). The molecule has 0 saturated heterocycles. The lowest BCUT2D eigenvalue weighted by Gasteiger charge is -2.18. The van der Waals surface area contributed by atoms with Crippen LogP contribution in [0.3, 0.4) is 0 Å². The van der Waals surface area contributed by atoms with Crippen molar-refractivity contribution < 1.29 is 0 Å². The van der Waals surface area contributed by atoms with E-state index in [0.717, 1.165) is 24.1 Å². The highest BCUT2D eigenvalue weighted by Crippen LogP contribution is 2.13. The Morgan fingerprint density at radius 2 is 2.21 bits per heavy atom. The molecule has 0 aliphatic rings.